The molecule has 150 valence electrons. The lowest BCUT2D eigenvalue weighted by atomic mass is 10.0. The summed E-state index contributed by atoms with van der Waals surface area (Å²) in [4.78, 5) is 49.3. The zero-order chi connectivity index (χ0) is 20.8. The van der Waals surface area contributed by atoms with Crippen LogP contribution in [-0.2, 0) is 14.4 Å². The second-order valence-electron chi connectivity index (χ2n) is 6.60. The minimum absolute atomic E-state index is 0.0159. The van der Waals surface area contributed by atoms with Crippen LogP contribution in [0, 0.1) is 11.7 Å². The predicted octanol–water partition coefficient (Wildman–Crippen LogP) is 2.14. The predicted molar refractivity (Wildman–Crippen MR) is 105 cm³/mol. The van der Waals surface area contributed by atoms with E-state index in [9.17, 15) is 23.6 Å². The fraction of sp³-hybridized carbons (Fsp3) is 0.368. The van der Waals surface area contributed by atoms with Crippen LogP contribution >= 0.6 is 11.8 Å². The molecule has 28 heavy (non-hydrogen) atoms. The molecule has 1 saturated heterocycles. The van der Waals surface area contributed by atoms with Crippen molar-refractivity contribution in [2.45, 2.75) is 26.8 Å². The molecular formula is C19H22FN3O4S. The van der Waals surface area contributed by atoms with Gasteiger partial charge >= 0.3 is 0 Å². The normalized spacial score (nSPS) is 16.6. The summed E-state index contributed by atoms with van der Waals surface area (Å²) in [6, 6.07) is 4.87. The van der Waals surface area contributed by atoms with Gasteiger partial charge in [0.05, 0.1) is 4.91 Å². The largest absolute Gasteiger partial charge is 0.353 e. The molecule has 0 radical (unpaired) electrons. The van der Waals surface area contributed by atoms with Crippen molar-refractivity contribution in [3.8, 4) is 0 Å². The highest BCUT2D eigenvalue weighted by Gasteiger charge is 2.34. The summed E-state index contributed by atoms with van der Waals surface area (Å²) < 4.78 is 13.0. The van der Waals surface area contributed by atoms with Crippen LogP contribution < -0.4 is 10.6 Å². The summed E-state index contributed by atoms with van der Waals surface area (Å²) in [7, 11) is 0. The molecule has 0 aliphatic carbocycles. The highest BCUT2D eigenvalue weighted by Crippen LogP contribution is 2.31. The maximum absolute atomic E-state index is 13.0. The minimum atomic E-state index is -0.689. The third kappa shape index (κ3) is 5.66. The Hall–Kier alpha value is -2.68. The highest BCUT2D eigenvalue weighted by atomic mass is 32.2. The third-order valence-corrected chi connectivity index (χ3v) is 4.89. The molecule has 0 saturated carbocycles. The van der Waals surface area contributed by atoms with Gasteiger partial charge in [0, 0.05) is 20.0 Å². The quantitative estimate of drug-likeness (QED) is 0.675. The first kappa shape index (κ1) is 21.6. The molecule has 4 amide bonds. The molecule has 0 aromatic heterocycles. The molecule has 1 heterocycles. The number of nitrogens with zero attached hydrogens (tertiary/aromatic N) is 1. The molecule has 1 fully saturated rings. The minimum Gasteiger partial charge on any atom is -0.353 e. The number of halogens is 1. The van der Waals surface area contributed by atoms with Gasteiger partial charge in [-0.25, -0.2) is 4.39 Å². The van der Waals surface area contributed by atoms with Gasteiger partial charge < -0.3 is 10.6 Å². The first-order chi connectivity index (χ1) is 13.2. The Morgan fingerprint density at radius 3 is 2.43 bits per heavy atom. The van der Waals surface area contributed by atoms with Gasteiger partial charge in [-0.15, -0.1) is 0 Å². The summed E-state index contributed by atoms with van der Waals surface area (Å²) in [6.45, 7) is 5.02. The number of benzene rings is 1. The number of amides is 4. The van der Waals surface area contributed by atoms with E-state index >= 15 is 0 Å². The molecule has 1 aliphatic heterocycles. The molecule has 7 nitrogen and oxygen atoms in total. The van der Waals surface area contributed by atoms with Crippen LogP contribution in [0.5, 0.6) is 0 Å². The summed E-state index contributed by atoms with van der Waals surface area (Å²) in [6.07, 6.45) is 1.52. The number of imide groups is 1. The number of rotatable bonds is 7. The lowest BCUT2D eigenvalue weighted by Gasteiger charge is -2.21. The summed E-state index contributed by atoms with van der Waals surface area (Å²) in [5.74, 6) is -1.65. The van der Waals surface area contributed by atoms with Gasteiger partial charge in [-0.1, -0.05) is 26.0 Å². The zero-order valence-electron chi connectivity index (χ0n) is 15.8. The molecule has 2 N–H and O–H groups in total. The molecule has 2 rings (SSSR count). The Morgan fingerprint density at radius 1 is 1.21 bits per heavy atom. The molecule has 1 unspecified atom stereocenters. The summed E-state index contributed by atoms with van der Waals surface area (Å²) in [5.41, 5.74) is 0.607. The number of hydrogen-bond acceptors (Lipinski definition) is 5. The van der Waals surface area contributed by atoms with Gasteiger partial charge in [-0.3, -0.25) is 24.1 Å². The van der Waals surface area contributed by atoms with Crippen molar-refractivity contribution in [1.82, 2.24) is 15.5 Å². The molecule has 1 atom stereocenters. The first-order valence-corrected chi connectivity index (χ1v) is 9.56. The van der Waals surface area contributed by atoms with Crippen molar-refractivity contribution >= 4 is 40.8 Å². The Bertz CT molecular complexity index is 808. The van der Waals surface area contributed by atoms with Crippen molar-refractivity contribution in [1.29, 1.82) is 0 Å². The molecule has 0 spiro atoms. The van der Waals surface area contributed by atoms with Gasteiger partial charge in [-0.05, 0) is 41.5 Å². The van der Waals surface area contributed by atoms with Crippen LogP contribution in [0.3, 0.4) is 0 Å². The van der Waals surface area contributed by atoms with E-state index in [0.29, 0.717) is 5.56 Å². The van der Waals surface area contributed by atoms with E-state index in [1.165, 1.54) is 37.3 Å². The van der Waals surface area contributed by atoms with Gasteiger partial charge in [0.15, 0.2) is 0 Å². The van der Waals surface area contributed by atoms with Crippen LogP contribution in [0.2, 0.25) is 0 Å². The number of carbonyl (C=O) groups is 4. The van der Waals surface area contributed by atoms with E-state index < -0.39 is 17.2 Å². The fourth-order valence-electron chi connectivity index (χ4n) is 2.56. The zero-order valence-corrected chi connectivity index (χ0v) is 16.6. The van der Waals surface area contributed by atoms with Crippen molar-refractivity contribution < 1.29 is 23.6 Å². The van der Waals surface area contributed by atoms with Gasteiger partial charge in [0.25, 0.3) is 11.1 Å². The number of hydrogen-bond donors (Lipinski definition) is 2. The summed E-state index contributed by atoms with van der Waals surface area (Å²) >= 11 is 0.794. The lowest BCUT2D eigenvalue weighted by molar-refractivity contribution is -0.129. The van der Waals surface area contributed by atoms with Crippen LogP contribution in [0.15, 0.2) is 29.2 Å². The van der Waals surface area contributed by atoms with Crippen LogP contribution in [0.4, 0.5) is 9.18 Å². The second kappa shape index (κ2) is 9.50. The van der Waals surface area contributed by atoms with Crippen LogP contribution in [-0.4, -0.2) is 47.0 Å². The second-order valence-corrected chi connectivity index (χ2v) is 7.59. The molecule has 1 aliphatic rings. The Labute approximate surface area is 166 Å². The topological polar surface area (TPSA) is 95.6 Å². The van der Waals surface area contributed by atoms with Gasteiger partial charge in [-0.2, -0.15) is 0 Å². The van der Waals surface area contributed by atoms with E-state index in [2.05, 4.69) is 10.6 Å². The van der Waals surface area contributed by atoms with Crippen molar-refractivity contribution in [2.24, 2.45) is 5.92 Å². The maximum atomic E-state index is 13.0. The van der Waals surface area contributed by atoms with E-state index in [1.807, 2.05) is 0 Å². The number of thioether (sulfide) groups is 1. The Kier molecular flexibility index (Phi) is 7.33. The standard InChI is InChI=1S/C19H22FN3O4S/c1-11(2)16(22-12(3)24)17(25)21-8-9-23-18(26)15(28-19(23)27)10-13-4-6-14(20)7-5-13/h4-7,10-11,16H,8-9H2,1-3H3,(H,21,25)(H,22,24). The number of carbonyl (C=O) groups excluding carboxylic acids is 4. The van der Waals surface area contributed by atoms with Crippen molar-refractivity contribution in [2.75, 3.05) is 13.1 Å². The highest BCUT2D eigenvalue weighted by molar-refractivity contribution is 8.18. The Balaban J connectivity index is 1.94. The third-order valence-electron chi connectivity index (χ3n) is 3.98. The van der Waals surface area contributed by atoms with E-state index in [4.69, 9.17) is 0 Å². The molecule has 1 aromatic carbocycles. The first-order valence-electron chi connectivity index (χ1n) is 8.74. The van der Waals surface area contributed by atoms with Gasteiger partial charge in [0.2, 0.25) is 11.8 Å². The summed E-state index contributed by atoms with van der Waals surface area (Å²) in [5, 5.41) is 4.78. The monoisotopic (exact) mass is 407 g/mol. The van der Waals surface area contributed by atoms with E-state index in [-0.39, 0.29) is 41.5 Å². The van der Waals surface area contributed by atoms with E-state index in [1.54, 1.807) is 13.8 Å². The molecule has 1 aromatic rings. The molecule has 9 heteroatoms. The SMILES string of the molecule is CC(=O)NC(C(=O)NCCN1C(=O)SC(=Cc2ccc(F)cc2)C1=O)C(C)C. The Morgan fingerprint density at radius 2 is 1.86 bits per heavy atom. The van der Waals surface area contributed by atoms with Crippen LogP contribution in [0.25, 0.3) is 6.08 Å². The average Bonchev–Trinajstić information content (AvgIpc) is 2.88. The molecular weight excluding hydrogens is 385 g/mol. The van der Waals surface area contributed by atoms with Crippen LogP contribution in [0.1, 0.15) is 26.3 Å². The van der Waals surface area contributed by atoms with Gasteiger partial charge in [0.1, 0.15) is 11.9 Å². The maximum Gasteiger partial charge on any atom is 0.293 e. The average molecular weight is 407 g/mol. The molecule has 0 bridgehead atoms. The fourth-order valence-corrected chi connectivity index (χ4v) is 3.42. The van der Waals surface area contributed by atoms with E-state index in [0.717, 1.165) is 16.7 Å². The van der Waals surface area contributed by atoms with Crippen molar-refractivity contribution in [3.63, 3.8) is 0 Å². The number of nitrogens with one attached hydrogen (secondary N) is 2. The smallest absolute Gasteiger partial charge is 0.293 e. The lowest BCUT2D eigenvalue weighted by Crippen LogP contribution is -2.50. The van der Waals surface area contributed by atoms with Crippen molar-refractivity contribution in [3.05, 3.63) is 40.6 Å².